The largest absolute Gasteiger partial charge is 0.465 e. The second kappa shape index (κ2) is 10.5. The van der Waals surface area contributed by atoms with Gasteiger partial charge in [-0.15, -0.1) is 0 Å². The molecule has 0 bridgehead atoms. The molecule has 1 unspecified atom stereocenters. The van der Waals surface area contributed by atoms with E-state index in [1.807, 2.05) is 97.1 Å². The summed E-state index contributed by atoms with van der Waals surface area (Å²) in [6.07, 6.45) is 7.57. The van der Waals surface area contributed by atoms with Crippen molar-refractivity contribution in [2.75, 3.05) is 24.7 Å². The Labute approximate surface area is 243 Å². The lowest BCUT2D eigenvalue weighted by molar-refractivity contribution is -0.155. The molecule has 0 saturated carbocycles. The van der Waals surface area contributed by atoms with E-state index in [-0.39, 0.29) is 31.6 Å². The quantitative estimate of drug-likeness (QED) is 0.377. The number of anilines is 1. The number of benzene rings is 3. The molecule has 2 saturated heterocycles. The summed E-state index contributed by atoms with van der Waals surface area (Å²) in [5.74, 6) is -3.07. The van der Waals surface area contributed by atoms with Gasteiger partial charge in [-0.3, -0.25) is 14.4 Å². The fourth-order valence-corrected chi connectivity index (χ4v) is 7.15. The van der Waals surface area contributed by atoms with Crippen LogP contribution in [0.2, 0.25) is 0 Å². The number of nitrogens with zero attached hydrogens (tertiary/aromatic N) is 2. The van der Waals surface area contributed by atoms with E-state index >= 15 is 0 Å². The van der Waals surface area contributed by atoms with Crippen molar-refractivity contribution in [3.05, 3.63) is 103 Å². The summed E-state index contributed by atoms with van der Waals surface area (Å²) >= 11 is 0. The molecule has 8 heteroatoms. The number of ether oxygens (including phenoxy) is 2. The summed E-state index contributed by atoms with van der Waals surface area (Å²) < 4.78 is 12.2. The van der Waals surface area contributed by atoms with Gasteiger partial charge in [0, 0.05) is 12.2 Å². The number of esters is 1. The number of carbonyl (C=O) groups is 3. The number of aliphatic hydroxyl groups excluding tert-OH is 1. The van der Waals surface area contributed by atoms with Crippen molar-refractivity contribution in [2.45, 2.75) is 36.6 Å². The molecule has 0 radical (unpaired) electrons. The van der Waals surface area contributed by atoms with Crippen LogP contribution in [0.25, 0.3) is 10.8 Å². The summed E-state index contributed by atoms with van der Waals surface area (Å²) in [4.78, 5) is 45.8. The average Bonchev–Trinajstić information content (AvgIpc) is 3.39. The van der Waals surface area contributed by atoms with Crippen molar-refractivity contribution in [3.63, 3.8) is 0 Å². The molecule has 2 fully saturated rings. The summed E-state index contributed by atoms with van der Waals surface area (Å²) in [7, 11) is 0. The van der Waals surface area contributed by atoms with Crippen molar-refractivity contribution in [3.8, 4) is 0 Å². The molecule has 0 aliphatic carbocycles. The predicted molar refractivity (Wildman–Crippen MR) is 156 cm³/mol. The van der Waals surface area contributed by atoms with Crippen molar-refractivity contribution in [2.24, 2.45) is 11.8 Å². The highest BCUT2D eigenvalue weighted by Gasteiger charge is 2.72. The van der Waals surface area contributed by atoms with Gasteiger partial charge < -0.3 is 24.4 Å². The SMILES string of the molecule is O=C1OCCC=C[C@@H]2O[C@]34C=CCN(c5ccc6ccccc6c5)C(=O)C3N([C@@H](CO)Cc3ccccc3)C(=O)[C@@H]4[C@H]12. The van der Waals surface area contributed by atoms with Crippen molar-refractivity contribution in [1.29, 1.82) is 0 Å². The first-order valence-electron chi connectivity index (χ1n) is 14.5. The first kappa shape index (κ1) is 26.6. The van der Waals surface area contributed by atoms with E-state index in [1.54, 1.807) is 4.90 Å². The second-order valence-electron chi connectivity index (χ2n) is 11.4. The van der Waals surface area contributed by atoms with Crippen LogP contribution in [0.5, 0.6) is 0 Å². The van der Waals surface area contributed by atoms with Crippen LogP contribution < -0.4 is 4.90 Å². The molecule has 2 amide bonds. The molecule has 3 aromatic carbocycles. The van der Waals surface area contributed by atoms with Gasteiger partial charge in [0.1, 0.15) is 17.6 Å². The minimum atomic E-state index is -1.40. The third-order valence-corrected chi connectivity index (χ3v) is 9.02. The van der Waals surface area contributed by atoms with Gasteiger partial charge in [-0.05, 0) is 41.3 Å². The number of hydrogen-bond donors (Lipinski definition) is 1. The zero-order chi connectivity index (χ0) is 28.8. The first-order valence-corrected chi connectivity index (χ1v) is 14.5. The lowest BCUT2D eigenvalue weighted by Gasteiger charge is -2.38. The Bertz CT molecular complexity index is 1600. The van der Waals surface area contributed by atoms with E-state index in [0.717, 1.165) is 16.3 Å². The zero-order valence-corrected chi connectivity index (χ0v) is 23.0. The molecule has 8 nitrogen and oxygen atoms in total. The lowest BCUT2D eigenvalue weighted by Crippen LogP contribution is -2.58. The van der Waals surface area contributed by atoms with Gasteiger partial charge in [0.2, 0.25) is 5.91 Å². The van der Waals surface area contributed by atoms with E-state index in [1.165, 1.54) is 4.90 Å². The third-order valence-electron chi connectivity index (χ3n) is 9.02. The van der Waals surface area contributed by atoms with Crippen molar-refractivity contribution in [1.82, 2.24) is 4.90 Å². The van der Waals surface area contributed by atoms with Gasteiger partial charge in [0.15, 0.2) is 0 Å². The van der Waals surface area contributed by atoms with E-state index in [4.69, 9.17) is 9.47 Å². The number of amides is 2. The van der Waals surface area contributed by atoms with E-state index in [9.17, 15) is 19.5 Å². The first-order chi connectivity index (χ1) is 20.5. The van der Waals surface area contributed by atoms with Crippen LogP contribution in [0.4, 0.5) is 5.69 Å². The Kier molecular flexibility index (Phi) is 6.67. The normalized spacial score (nSPS) is 29.4. The van der Waals surface area contributed by atoms with Crippen LogP contribution in [0.15, 0.2) is 97.1 Å². The Morgan fingerprint density at radius 2 is 1.71 bits per heavy atom. The molecule has 0 aromatic heterocycles. The van der Waals surface area contributed by atoms with Crippen LogP contribution in [-0.4, -0.2) is 71.3 Å². The number of carbonyl (C=O) groups excluding carboxylic acids is 3. The lowest BCUT2D eigenvalue weighted by atomic mass is 9.77. The molecule has 1 spiro atoms. The maximum Gasteiger partial charge on any atom is 0.312 e. The maximum atomic E-state index is 14.7. The molecule has 7 rings (SSSR count). The molecule has 214 valence electrons. The molecule has 42 heavy (non-hydrogen) atoms. The molecule has 3 aromatic rings. The van der Waals surface area contributed by atoms with Crippen LogP contribution in [0.1, 0.15) is 12.0 Å². The third kappa shape index (κ3) is 4.16. The van der Waals surface area contributed by atoms with Crippen LogP contribution in [0, 0.1) is 11.8 Å². The van der Waals surface area contributed by atoms with Crippen molar-refractivity contribution < 1.29 is 29.0 Å². The fraction of sp³-hybridized carbons (Fsp3) is 0.324. The van der Waals surface area contributed by atoms with Crippen molar-refractivity contribution >= 4 is 34.2 Å². The highest BCUT2D eigenvalue weighted by Crippen LogP contribution is 2.54. The average molecular weight is 565 g/mol. The second-order valence-corrected chi connectivity index (χ2v) is 11.4. The molecule has 4 aliphatic heterocycles. The topological polar surface area (TPSA) is 96.4 Å². The summed E-state index contributed by atoms with van der Waals surface area (Å²) in [5.41, 5.74) is 0.223. The van der Waals surface area contributed by atoms with Gasteiger partial charge >= 0.3 is 5.97 Å². The summed E-state index contributed by atoms with van der Waals surface area (Å²) in [6, 6.07) is 21.6. The highest BCUT2D eigenvalue weighted by molar-refractivity contribution is 6.06. The van der Waals surface area contributed by atoms with Crippen LogP contribution in [-0.2, 0) is 30.3 Å². The molecular weight excluding hydrogens is 532 g/mol. The number of hydrogen-bond acceptors (Lipinski definition) is 6. The number of fused-ring (bicyclic) bond motifs is 3. The summed E-state index contributed by atoms with van der Waals surface area (Å²) in [6.45, 7) is 0.133. The van der Waals surface area contributed by atoms with Gasteiger partial charge in [0.05, 0.1) is 31.3 Å². The van der Waals surface area contributed by atoms with E-state index in [2.05, 4.69) is 0 Å². The Morgan fingerprint density at radius 3 is 2.52 bits per heavy atom. The maximum absolute atomic E-state index is 14.7. The Morgan fingerprint density at radius 1 is 0.929 bits per heavy atom. The van der Waals surface area contributed by atoms with E-state index in [0.29, 0.717) is 18.5 Å². The molecule has 1 N–H and O–H groups in total. The Hall–Kier alpha value is -4.27. The molecular formula is C34H32N2O6. The smallest absolute Gasteiger partial charge is 0.312 e. The Balaban J connectivity index is 1.35. The van der Waals surface area contributed by atoms with Gasteiger partial charge in [-0.2, -0.15) is 0 Å². The molecule has 4 aliphatic rings. The fourth-order valence-electron chi connectivity index (χ4n) is 7.15. The number of aliphatic hydroxyl groups is 1. The van der Waals surface area contributed by atoms with Gasteiger partial charge in [-0.25, -0.2) is 0 Å². The molecule has 4 heterocycles. The summed E-state index contributed by atoms with van der Waals surface area (Å²) in [5, 5.41) is 12.7. The zero-order valence-electron chi connectivity index (χ0n) is 23.0. The van der Waals surface area contributed by atoms with Gasteiger partial charge in [0.25, 0.3) is 5.91 Å². The highest BCUT2D eigenvalue weighted by atomic mass is 16.6. The number of likely N-dealkylation sites (tertiary alicyclic amines) is 1. The van der Waals surface area contributed by atoms with Crippen LogP contribution in [0.3, 0.4) is 0 Å². The minimum Gasteiger partial charge on any atom is -0.465 e. The minimum absolute atomic E-state index is 0.220. The molecule has 6 atom stereocenters. The monoisotopic (exact) mass is 564 g/mol. The van der Waals surface area contributed by atoms with E-state index < -0.39 is 41.6 Å². The predicted octanol–water partition coefficient (Wildman–Crippen LogP) is 3.43. The van der Waals surface area contributed by atoms with Crippen LogP contribution >= 0.6 is 0 Å². The standard InChI is InChI=1S/C34H32N2O6/c37-21-26(19-22-9-2-1-3-10-22)36-30-32(39)35(25-15-14-23-11-4-5-12-24(23)20-25)17-8-16-34(30)29(31(36)38)28-27(42-34)13-6-7-18-41-33(28)40/h1-6,8-16,20,26-30,37H,7,17-19,21H2/t26-,27+,28-,29+,30?,34+/m1/s1. The number of rotatable bonds is 5. The number of cyclic esters (lactones) is 1. The van der Waals surface area contributed by atoms with Gasteiger partial charge in [-0.1, -0.05) is 85.0 Å².